The van der Waals surface area contributed by atoms with Crippen LogP contribution in [0.2, 0.25) is 0 Å². The van der Waals surface area contributed by atoms with E-state index in [2.05, 4.69) is 21.2 Å². The summed E-state index contributed by atoms with van der Waals surface area (Å²) < 4.78 is 44.0. The highest BCUT2D eigenvalue weighted by atomic mass is 79.9. The van der Waals surface area contributed by atoms with E-state index in [1.165, 1.54) is 6.07 Å². The quantitative estimate of drug-likeness (QED) is 0.900. The van der Waals surface area contributed by atoms with E-state index in [0.29, 0.717) is 17.7 Å². The Hall–Kier alpha value is -0.750. The molecular formula is C11H11BrF3NO. The van der Waals surface area contributed by atoms with Gasteiger partial charge in [-0.3, -0.25) is 0 Å². The third kappa shape index (κ3) is 3.13. The van der Waals surface area contributed by atoms with Crippen molar-refractivity contribution in [3.63, 3.8) is 0 Å². The number of hydrogen-bond donors (Lipinski definition) is 1. The summed E-state index contributed by atoms with van der Waals surface area (Å²) >= 11 is 3.05. The van der Waals surface area contributed by atoms with Crippen molar-refractivity contribution in [3.05, 3.63) is 28.2 Å². The number of ether oxygens (including phenoxy) is 1. The number of nitrogens with one attached hydrogen (secondary N) is 1. The van der Waals surface area contributed by atoms with Gasteiger partial charge in [-0.15, -0.1) is 0 Å². The molecule has 0 bridgehead atoms. The number of alkyl halides is 3. The fourth-order valence-corrected chi connectivity index (χ4v) is 2.11. The summed E-state index contributed by atoms with van der Waals surface area (Å²) in [6, 6.07) is 4.06. The monoisotopic (exact) mass is 309 g/mol. The van der Waals surface area contributed by atoms with Gasteiger partial charge in [0, 0.05) is 16.8 Å². The predicted octanol–water partition coefficient (Wildman–Crippen LogP) is 3.67. The topological polar surface area (TPSA) is 21.3 Å². The maximum absolute atomic E-state index is 12.8. The van der Waals surface area contributed by atoms with Gasteiger partial charge >= 0.3 is 6.18 Å². The lowest BCUT2D eigenvalue weighted by atomic mass is 10.1. The Morgan fingerprint density at radius 2 is 2.12 bits per heavy atom. The summed E-state index contributed by atoms with van der Waals surface area (Å²) in [7, 11) is 0. The van der Waals surface area contributed by atoms with Gasteiger partial charge in [-0.2, -0.15) is 13.2 Å². The first-order valence-electron chi connectivity index (χ1n) is 5.18. The van der Waals surface area contributed by atoms with E-state index in [4.69, 9.17) is 4.74 Å². The normalized spacial score (nSPS) is 20.6. The Kier molecular flexibility index (Phi) is 3.63. The Labute approximate surface area is 105 Å². The Morgan fingerprint density at radius 1 is 1.35 bits per heavy atom. The summed E-state index contributed by atoms with van der Waals surface area (Å²) in [6.45, 7) is 1.04. The van der Waals surface area contributed by atoms with Crippen molar-refractivity contribution in [2.24, 2.45) is 0 Å². The molecule has 6 heteroatoms. The van der Waals surface area contributed by atoms with Crippen molar-refractivity contribution in [2.75, 3.05) is 18.5 Å². The second kappa shape index (κ2) is 4.86. The van der Waals surface area contributed by atoms with Crippen LogP contribution in [0.4, 0.5) is 18.9 Å². The van der Waals surface area contributed by atoms with Crippen LogP contribution in [-0.4, -0.2) is 19.3 Å². The van der Waals surface area contributed by atoms with Crippen molar-refractivity contribution >= 4 is 21.6 Å². The van der Waals surface area contributed by atoms with Gasteiger partial charge in [-0.05, 0) is 24.6 Å². The molecule has 1 saturated heterocycles. The molecule has 17 heavy (non-hydrogen) atoms. The smallest absolute Gasteiger partial charge is 0.379 e. The second-order valence-corrected chi connectivity index (χ2v) is 4.81. The summed E-state index contributed by atoms with van der Waals surface area (Å²) in [5.41, 5.74) is -0.546. The second-order valence-electron chi connectivity index (χ2n) is 3.89. The fraction of sp³-hybridized carbons (Fsp3) is 0.455. The third-order valence-corrected chi connectivity index (χ3v) is 3.07. The Bertz CT molecular complexity index is 402. The highest BCUT2D eigenvalue weighted by Crippen LogP contribution is 2.37. The van der Waals surface area contributed by atoms with Gasteiger partial charge in [0.25, 0.3) is 0 Å². The molecule has 1 atom stereocenters. The molecule has 1 aromatic rings. The maximum Gasteiger partial charge on any atom is 0.418 e. The molecule has 1 heterocycles. The molecule has 94 valence electrons. The minimum atomic E-state index is -4.36. The molecule has 1 aliphatic heterocycles. The molecule has 1 N–H and O–H groups in total. The van der Waals surface area contributed by atoms with Gasteiger partial charge in [0.15, 0.2) is 0 Å². The zero-order valence-corrected chi connectivity index (χ0v) is 10.4. The average molecular weight is 310 g/mol. The lowest BCUT2D eigenvalue weighted by Gasteiger charge is -2.18. The molecule has 0 radical (unpaired) electrons. The molecule has 1 fully saturated rings. The van der Waals surface area contributed by atoms with Gasteiger partial charge in [-0.25, -0.2) is 0 Å². The van der Waals surface area contributed by atoms with Gasteiger partial charge in [0.2, 0.25) is 0 Å². The van der Waals surface area contributed by atoms with Gasteiger partial charge < -0.3 is 10.1 Å². The predicted molar refractivity (Wildman–Crippen MR) is 62.0 cm³/mol. The van der Waals surface area contributed by atoms with Crippen LogP contribution >= 0.6 is 15.9 Å². The van der Waals surface area contributed by atoms with Crippen LogP contribution < -0.4 is 5.32 Å². The van der Waals surface area contributed by atoms with E-state index in [1.807, 2.05) is 0 Å². The van der Waals surface area contributed by atoms with Gasteiger partial charge in [0.05, 0.1) is 18.2 Å². The number of halogens is 4. The van der Waals surface area contributed by atoms with E-state index in [-0.39, 0.29) is 11.7 Å². The minimum Gasteiger partial charge on any atom is -0.379 e. The average Bonchev–Trinajstić information content (AvgIpc) is 2.72. The highest BCUT2D eigenvalue weighted by Gasteiger charge is 2.34. The van der Waals surface area contributed by atoms with Gasteiger partial charge in [-0.1, -0.05) is 15.9 Å². The zero-order valence-electron chi connectivity index (χ0n) is 8.85. The van der Waals surface area contributed by atoms with Crippen LogP contribution in [0.3, 0.4) is 0 Å². The Morgan fingerprint density at radius 3 is 2.71 bits per heavy atom. The van der Waals surface area contributed by atoms with Crippen molar-refractivity contribution in [3.8, 4) is 0 Å². The van der Waals surface area contributed by atoms with Crippen molar-refractivity contribution in [2.45, 2.75) is 18.6 Å². The molecule has 0 aliphatic carbocycles. The van der Waals surface area contributed by atoms with Crippen LogP contribution in [0.1, 0.15) is 12.0 Å². The van der Waals surface area contributed by atoms with E-state index in [0.717, 1.165) is 12.5 Å². The van der Waals surface area contributed by atoms with Crippen LogP contribution in [0, 0.1) is 0 Å². The lowest BCUT2D eigenvalue weighted by molar-refractivity contribution is -0.137. The third-order valence-electron chi connectivity index (χ3n) is 2.58. The van der Waals surface area contributed by atoms with E-state index in [9.17, 15) is 13.2 Å². The van der Waals surface area contributed by atoms with E-state index < -0.39 is 11.7 Å². The molecule has 1 aromatic carbocycles. The number of rotatable bonds is 2. The molecule has 0 aromatic heterocycles. The summed E-state index contributed by atoms with van der Waals surface area (Å²) in [4.78, 5) is 0. The number of benzene rings is 1. The van der Waals surface area contributed by atoms with Crippen LogP contribution in [-0.2, 0) is 10.9 Å². The summed E-state index contributed by atoms with van der Waals surface area (Å²) in [6.07, 6.45) is -3.63. The lowest BCUT2D eigenvalue weighted by Crippen LogP contribution is -2.21. The van der Waals surface area contributed by atoms with Crippen LogP contribution in [0.5, 0.6) is 0 Å². The maximum atomic E-state index is 12.8. The molecule has 0 saturated carbocycles. The first-order valence-corrected chi connectivity index (χ1v) is 5.97. The zero-order chi connectivity index (χ0) is 12.5. The highest BCUT2D eigenvalue weighted by molar-refractivity contribution is 9.10. The summed E-state index contributed by atoms with van der Waals surface area (Å²) in [5, 5.41) is 2.88. The SMILES string of the molecule is FC(F)(F)c1cc(Br)ccc1NC1CCOC1. The molecule has 2 rings (SSSR count). The van der Waals surface area contributed by atoms with Crippen LogP contribution in [0.15, 0.2) is 22.7 Å². The van der Waals surface area contributed by atoms with Crippen LogP contribution in [0.25, 0.3) is 0 Å². The van der Waals surface area contributed by atoms with Crippen molar-refractivity contribution in [1.29, 1.82) is 0 Å². The number of hydrogen-bond acceptors (Lipinski definition) is 2. The standard InChI is InChI=1S/C11H11BrF3NO/c12-7-1-2-10(9(5-7)11(13,14)15)16-8-3-4-17-6-8/h1-2,5,8,16H,3-4,6H2. The molecular weight excluding hydrogens is 299 g/mol. The first-order chi connectivity index (χ1) is 7.97. The van der Waals surface area contributed by atoms with E-state index >= 15 is 0 Å². The van der Waals surface area contributed by atoms with E-state index in [1.54, 1.807) is 6.07 Å². The minimum absolute atomic E-state index is 0.0442. The Balaban J connectivity index is 2.25. The molecule has 0 spiro atoms. The van der Waals surface area contributed by atoms with Gasteiger partial charge in [0.1, 0.15) is 0 Å². The first kappa shape index (κ1) is 12.7. The summed E-state index contributed by atoms with van der Waals surface area (Å²) in [5.74, 6) is 0. The number of anilines is 1. The van der Waals surface area contributed by atoms with Crippen molar-refractivity contribution < 1.29 is 17.9 Å². The largest absolute Gasteiger partial charge is 0.418 e. The molecule has 1 aliphatic rings. The van der Waals surface area contributed by atoms with Crippen molar-refractivity contribution in [1.82, 2.24) is 0 Å². The fourth-order valence-electron chi connectivity index (χ4n) is 1.75. The molecule has 2 nitrogen and oxygen atoms in total. The molecule has 1 unspecified atom stereocenters. The molecule has 0 amide bonds.